The lowest BCUT2D eigenvalue weighted by Crippen LogP contribution is -2.49. The summed E-state index contributed by atoms with van der Waals surface area (Å²) in [5.41, 5.74) is 0.743. The maximum atomic E-state index is 11.9. The second-order valence-electron chi connectivity index (χ2n) is 5.60. The highest BCUT2D eigenvalue weighted by atomic mass is 16.5. The molecule has 2 heterocycles. The number of hydrogen-bond donors (Lipinski definition) is 2. The van der Waals surface area contributed by atoms with E-state index in [0.717, 1.165) is 17.4 Å². The van der Waals surface area contributed by atoms with Crippen LogP contribution in [0.2, 0.25) is 0 Å². The van der Waals surface area contributed by atoms with Crippen molar-refractivity contribution in [3.05, 3.63) is 36.5 Å². The van der Waals surface area contributed by atoms with Gasteiger partial charge in [-0.1, -0.05) is 18.2 Å². The number of hydrogen-bond acceptors (Lipinski definition) is 5. The van der Waals surface area contributed by atoms with Gasteiger partial charge in [-0.3, -0.25) is 19.5 Å². The van der Waals surface area contributed by atoms with Crippen LogP contribution in [0.15, 0.2) is 36.5 Å². The summed E-state index contributed by atoms with van der Waals surface area (Å²) in [5, 5.41) is 6.55. The van der Waals surface area contributed by atoms with Crippen LogP contribution in [-0.2, 0) is 9.59 Å². The molecule has 1 fully saturated rings. The van der Waals surface area contributed by atoms with Gasteiger partial charge >= 0.3 is 0 Å². The fourth-order valence-electron chi connectivity index (χ4n) is 2.62. The minimum atomic E-state index is -0.190. The summed E-state index contributed by atoms with van der Waals surface area (Å²) in [5.74, 6) is 0.430. The highest BCUT2D eigenvalue weighted by molar-refractivity contribution is 5.85. The van der Waals surface area contributed by atoms with Crippen LogP contribution in [-0.4, -0.2) is 61.0 Å². The van der Waals surface area contributed by atoms with Gasteiger partial charge in [-0.2, -0.15) is 0 Å². The minimum absolute atomic E-state index is 0.0272. The summed E-state index contributed by atoms with van der Waals surface area (Å²) in [6.07, 6.45) is 1.70. The van der Waals surface area contributed by atoms with Gasteiger partial charge in [0.25, 0.3) is 5.91 Å². The van der Waals surface area contributed by atoms with Gasteiger partial charge in [0, 0.05) is 37.8 Å². The fraction of sp³-hybridized carbons (Fsp3) is 0.353. The smallest absolute Gasteiger partial charge is 0.257 e. The van der Waals surface area contributed by atoms with Crippen molar-refractivity contribution in [1.82, 2.24) is 20.5 Å². The highest BCUT2D eigenvalue weighted by Crippen LogP contribution is 2.22. The van der Waals surface area contributed by atoms with E-state index in [0.29, 0.717) is 31.9 Å². The molecule has 7 heteroatoms. The van der Waals surface area contributed by atoms with E-state index < -0.39 is 0 Å². The molecule has 2 amide bonds. The number of para-hydroxylation sites is 1. The average molecular weight is 328 g/mol. The largest absolute Gasteiger partial charge is 0.481 e. The maximum absolute atomic E-state index is 11.9. The molecule has 1 aliphatic heterocycles. The predicted octanol–water partition coefficient (Wildman–Crippen LogP) is 0.162. The van der Waals surface area contributed by atoms with Crippen molar-refractivity contribution in [3.63, 3.8) is 0 Å². The highest BCUT2D eigenvalue weighted by Gasteiger charge is 2.15. The van der Waals surface area contributed by atoms with Crippen molar-refractivity contribution >= 4 is 22.7 Å². The molecule has 1 aromatic carbocycles. The summed E-state index contributed by atoms with van der Waals surface area (Å²) in [6, 6.07) is 9.43. The molecule has 1 saturated heterocycles. The molecule has 0 atom stereocenters. The predicted molar refractivity (Wildman–Crippen MR) is 89.7 cm³/mol. The summed E-state index contributed by atoms with van der Waals surface area (Å²) in [4.78, 5) is 29.5. The third kappa shape index (κ3) is 4.20. The standard InChI is InChI=1S/C17H20N4O3/c22-15-11-21(9-7-18-15)10-8-19-16(23)12-24-14-5-1-3-13-4-2-6-20-17(13)14/h1-6H,7-12H2,(H,18,22)(H,19,23). The molecule has 1 aliphatic rings. The molecule has 3 rings (SSSR count). The third-order valence-electron chi connectivity index (χ3n) is 3.82. The Bertz CT molecular complexity index is 729. The van der Waals surface area contributed by atoms with Crippen LogP contribution in [0.4, 0.5) is 0 Å². The normalized spacial score (nSPS) is 15.1. The van der Waals surface area contributed by atoms with Crippen LogP contribution in [0, 0.1) is 0 Å². The van der Waals surface area contributed by atoms with E-state index in [1.807, 2.05) is 29.2 Å². The number of carbonyl (C=O) groups is 2. The Morgan fingerprint density at radius 2 is 2.21 bits per heavy atom. The Morgan fingerprint density at radius 3 is 3.08 bits per heavy atom. The molecule has 0 bridgehead atoms. The molecular formula is C17H20N4O3. The molecule has 0 spiro atoms. The van der Waals surface area contributed by atoms with E-state index in [9.17, 15) is 9.59 Å². The summed E-state index contributed by atoms with van der Waals surface area (Å²) < 4.78 is 5.59. The number of pyridine rings is 1. The van der Waals surface area contributed by atoms with Gasteiger partial charge in [-0.05, 0) is 12.1 Å². The Hall–Kier alpha value is -2.67. The van der Waals surface area contributed by atoms with Crippen LogP contribution in [0.25, 0.3) is 10.9 Å². The first-order valence-electron chi connectivity index (χ1n) is 7.95. The first-order chi connectivity index (χ1) is 11.7. The molecule has 126 valence electrons. The van der Waals surface area contributed by atoms with E-state index in [4.69, 9.17) is 4.74 Å². The first-order valence-corrected chi connectivity index (χ1v) is 7.95. The van der Waals surface area contributed by atoms with Gasteiger partial charge < -0.3 is 15.4 Å². The minimum Gasteiger partial charge on any atom is -0.481 e. The average Bonchev–Trinajstić information content (AvgIpc) is 2.60. The number of ether oxygens (including phenoxy) is 1. The molecular weight excluding hydrogens is 308 g/mol. The molecule has 0 saturated carbocycles. The van der Waals surface area contributed by atoms with E-state index in [1.54, 1.807) is 12.3 Å². The monoisotopic (exact) mass is 328 g/mol. The Kier molecular flexibility index (Phi) is 5.22. The maximum Gasteiger partial charge on any atom is 0.257 e. The number of nitrogens with one attached hydrogen (secondary N) is 2. The number of aromatic nitrogens is 1. The topological polar surface area (TPSA) is 83.6 Å². The number of fused-ring (bicyclic) bond motifs is 1. The summed E-state index contributed by atoms with van der Waals surface area (Å²) >= 11 is 0. The van der Waals surface area contributed by atoms with E-state index in [1.165, 1.54) is 0 Å². The van der Waals surface area contributed by atoms with Crippen molar-refractivity contribution in [2.45, 2.75) is 0 Å². The molecule has 7 nitrogen and oxygen atoms in total. The molecule has 2 N–H and O–H groups in total. The van der Waals surface area contributed by atoms with Crippen molar-refractivity contribution in [3.8, 4) is 5.75 Å². The number of piperazine rings is 1. The van der Waals surface area contributed by atoms with Gasteiger partial charge in [-0.25, -0.2) is 0 Å². The zero-order chi connectivity index (χ0) is 16.8. The Morgan fingerprint density at radius 1 is 1.33 bits per heavy atom. The SMILES string of the molecule is O=C(COc1cccc2cccnc12)NCCN1CCNC(=O)C1. The van der Waals surface area contributed by atoms with Crippen molar-refractivity contribution < 1.29 is 14.3 Å². The lowest BCUT2D eigenvalue weighted by Gasteiger charge is -2.26. The second kappa shape index (κ2) is 7.74. The van der Waals surface area contributed by atoms with Crippen molar-refractivity contribution in [1.29, 1.82) is 0 Å². The van der Waals surface area contributed by atoms with E-state index >= 15 is 0 Å². The van der Waals surface area contributed by atoms with Gasteiger partial charge in [0.05, 0.1) is 6.54 Å². The zero-order valence-corrected chi connectivity index (χ0v) is 13.3. The van der Waals surface area contributed by atoms with Crippen molar-refractivity contribution in [2.75, 3.05) is 39.3 Å². The van der Waals surface area contributed by atoms with Crippen LogP contribution >= 0.6 is 0 Å². The summed E-state index contributed by atoms with van der Waals surface area (Å²) in [6.45, 7) is 2.92. The zero-order valence-electron chi connectivity index (χ0n) is 13.3. The number of rotatable bonds is 6. The van der Waals surface area contributed by atoms with Crippen LogP contribution in [0.5, 0.6) is 5.75 Å². The Labute approximate surface area is 140 Å². The number of carbonyl (C=O) groups excluding carboxylic acids is 2. The van der Waals surface area contributed by atoms with Gasteiger partial charge in [0.15, 0.2) is 6.61 Å². The van der Waals surface area contributed by atoms with E-state index in [-0.39, 0.29) is 18.4 Å². The summed E-state index contributed by atoms with van der Waals surface area (Å²) in [7, 11) is 0. The molecule has 0 radical (unpaired) electrons. The lowest BCUT2D eigenvalue weighted by atomic mass is 10.2. The fourth-order valence-corrected chi connectivity index (χ4v) is 2.62. The van der Waals surface area contributed by atoms with Crippen LogP contribution < -0.4 is 15.4 Å². The molecule has 0 unspecified atom stereocenters. The molecule has 2 aromatic rings. The van der Waals surface area contributed by atoms with Crippen molar-refractivity contribution in [2.24, 2.45) is 0 Å². The van der Waals surface area contributed by atoms with Crippen LogP contribution in [0.1, 0.15) is 0 Å². The molecule has 0 aliphatic carbocycles. The van der Waals surface area contributed by atoms with Gasteiger partial charge in [0.1, 0.15) is 11.3 Å². The first kappa shape index (κ1) is 16.2. The van der Waals surface area contributed by atoms with Crippen LogP contribution in [0.3, 0.4) is 0 Å². The van der Waals surface area contributed by atoms with Gasteiger partial charge in [-0.15, -0.1) is 0 Å². The number of nitrogens with zero attached hydrogens (tertiary/aromatic N) is 2. The second-order valence-corrected chi connectivity index (χ2v) is 5.60. The molecule has 1 aromatic heterocycles. The molecule has 24 heavy (non-hydrogen) atoms. The third-order valence-corrected chi connectivity index (χ3v) is 3.82. The lowest BCUT2D eigenvalue weighted by molar-refractivity contribution is -0.124. The van der Waals surface area contributed by atoms with E-state index in [2.05, 4.69) is 15.6 Å². The number of benzene rings is 1. The quantitative estimate of drug-likeness (QED) is 0.789. The Balaban J connectivity index is 1.44. The number of amides is 2. The van der Waals surface area contributed by atoms with Gasteiger partial charge in [0.2, 0.25) is 5.91 Å².